The Morgan fingerprint density at radius 1 is 1.38 bits per heavy atom. The van der Waals surface area contributed by atoms with Gasteiger partial charge in [-0.25, -0.2) is 0 Å². The molecular formula is C13H19NO2. The Kier molecular flexibility index (Phi) is 4.99. The average Bonchev–Trinajstić information content (AvgIpc) is 2.30. The third-order valence-corrected chi connectivity index (χ3v) is 2.85. The first kappa shape index (κ1) is 12.7. The van der Waals surface area contributed by atoms with Crippen molar-refractivity contribution >= 4 is 5.97 Å². The van der Waals surface area contributed by atoms with Crippen LogP contribution in [0.5, 0.6) is 0 Å². The first-order valence-corrected chi connectivity index (χ1v) is 5.65. The van der Waals surface area contributed by atoms with Crippen LogP contribution in [-0.4, -0.2) is 17.1 Å². The van der Waals surface area contributed by atoms with Gasteiger partial charge in [0, 0.05) is 6.54 Å². The van der Waals surface area contributed by atoms with Crippen LogP contribution in [0, 0.1) is 5.92 Å². The van der Waals surface area contributed by atoms with E-state index in [0.717, 1.165) is 12.0 Å². The van der Waals surface area contributed by atoms with Crippen LogP contribution < -0.4 is 5.32 Å². The number of rotatable bonds is 6. The molecule has 2 atom stereocenters. The van der Waals surface area contributed by atoms with Crippen molar-refractivity contribution in [2.45, 2.75) is 32.9 Å². The largest absolute Gasteiger partial charge is 0.480 e. The molecule has 0 amide bonds. The van der Waals surface area contributed by atoms with Crippen molar-refractivity contribution in [3.05, 3.63) is 35.9 Å². The molecule has 88 valence electrons. The maximum atomic E-state index is 11.1. The third-order valence-electron chi connectivity index (χ3n) is 2.85. The molecule has 2 unspecified atom stereocenters. The Balaban J connectivity index is 2.54. The highest BCUT2D eigenvalue weighted by Gasteiger charge is 2.22. The molecule has 2 N–H and O–H groups in total. The van der Waals surface area contributed by atoms with Gasteiger partial charge < -0.3 is 10.4 Å². The Morgan fingerprint density at radius 3 is 2.50 bits per heavy atom. The SMILES string of the molecule is CCC(C)C(NCc1ccccc1)C(=O)O. The van der Waals surface area contributed by atoms with E-state index in [-0.39, 0.29) is 5.92 Å². The summed E-state index contributed by atoms with van der Waals surface area (Å²) in [6.07, 6.45) is 0.860. The van der Waals surface area contributed by atoms with Crippen molar-refractivity contribution in [2.24, 2.45) is 5.92 Å². The van der Waals surface area contributed by atoms with E-state index >= 15 is 0 Å². The molecular weight excluding hydrogens is 202 g/mol. The van der Waals surface area contributed by atoms with Gasteiger partial charge in [-0.2, -0.15) is 0 Å². The highest BCUT2D eigenvalue weighted by Crippen LogP contribution is 2.09. The summed E-state index contributed by atoms with van der Waals surface area (Å²) in [5.74, 6) is -0.633. The van der Waals surface area contributed by atoms with Gasteiger partial charge in [-0.15, -0.1) is 0 Å². The lowest BCUT2D eigenvalue weighted by Crippen LogP contribution is -2.41. The van der Waals surface area contributed by atoms with E-state index in [1.165, 1.54) is 0 Å². The van der Waals surface area contributed by atoms with Gasteiger partial charge >= 0.3 is 5.97 Å². The van der Waals surface area contributed by atoms with Crippen molar-refractivity contribution in [3.8, 4) is 0 Å². The van der Waals surface area contributed by atoms with Crippen LogP contribution in [0.4, 0.5) is 0 Å². The van der Waals surface area contributed by atoms with Crippen molar-refractivity contribution in [1.82, 2.24) is 5.32 Å². The summed E-state index contributed by atoms with van der Waals surface area (Å²) in [4.78, 5) is 11.1. The second kappa shape index (κ2) is 6.28. The first-order valence-electron chi connectivity index (χ1n) is 5.65. The molecule has 3 nitrogen and oxygen atoms in total. The van der Waals surface area contributed by atoms with E-state index in [4.69, 9.17) is 5.11 Å². The molecule has 0 radical (unpaired) electrons. The number of benzene rings is 1. The summed E-state index contributed by atoms with van der Waals surface area (Å²) in [6.45, 7) is 4.56. The summed E-state index contributed by atoms with van der Waals surface area (Å²) in [7, 11) is 0. The number of nitrogens with one attached hydrogen (secondary N) is 1. The molecule has 3 heteroatoms. The minimum atomic E-state index is -0.773. The van der Waals surface area contributed by atoms with Crippen molar-refractivity contribution in [2.75, 3.05) is 0 Å². The van der Waals surface area contributed by atoms with Gasteiger partial charge in [0.05, 0.1) is 0 Å². The van der Waals surface area contributed by atoms with Gasteiger partial charge in [0.1, 0.15) is 6.04 Å². The maximum Gasteiger partial charge on any atom is 0.320 e. The zero-order valence-electron chi connectivity index (χ0n) is 9.81. The van der Waals surface area contributed by atoms with Crippen LogP contribution in [0.2, 0.25) is 0 Å². The normalized spacial score (nSPS) is 14.4. The van der Waals surface area contributed by atoms with E-state index in [0.29, 0.717) is 6.54 Å². The molecule has 0 heterocycles. The first-order chi connectivity index (χ1) is 7.65. The van der Waals surface area contributed by atoms with Crippen LogP contribution >= 0.6 is 0 Å². The standard InChI is InChI=1S/C13H19NO2/c1-3-10(2)12(13(15)16)14-9-11-7-5-4-6-8-11/h4-8,10,12,14H,3,9H2,1-2H3,(H,15,16). The van der Waals surface area contributed by atoms with Gasteiger partial charge in [-0.05, 0) is 11.5 Å². The fourth-order valence-electron chi connectivity index (χ4n) is 1.59. The summed E-state index contributed by atoms with van der Waals surface area (Å²) < 4.78 is 0. The minimum Gasteiger partial charge on any atom is -0.480 e. The van der Waals surface area contributed by atoms with Crippen LogP contribution in [0.25, 0.3) is 0 Å². The van der Waals surface area contributed by atoms with Gasteiger partial charge in [0.15, 0.2) is 0 Å². The molecule has 0 aliphatic rings. The highest BCUT2D eigenvalue weighted by molar-refractivity contribution is 5.73. The Hall–Kier alpha value is -1.35. The average molecular weight is 221 g/mol. The van der Waals surface area contributed by atoms with Crippen molar-refractivity contribution in [1.29, 1.82) is 0 Å². The van der Waals surface area contributed by atoms with Crippen LogP contribution in [0.15, 0.2) is 30.3 Å². The molecule has 0 spiro atoms. The highest BCUT2D eigenvalue weighted by atomic mass is 16.4. The monoisotopic (exact) mass is 221 g/mol. The zero-order valence-corrected chi connectivity index (χ0v) is 9.81. The van der Waals surface area contributed by atoms with Gasteiger partial charge in [-0.3, -0.25) is 4.79 Å². The lowest BCUT2D eigenvalue weighted by atomic mass is 9.99. The molecule has 16 heavy (non-hydrogen) atoms. The van der Waals surface area contributed by atoms with Crippen LogP contribution in [-0.2, 0) is 11.3 Å². The minimum absolute atomic E-state index is 0.140. The van der Waals surface area contributed by atoms with Gasteiger partial charge in [0.2, 0.25) is 0 Å². The number of hydrogen-bond donors (Lipinski definition) is 2. The lowest BCUT2D eigenvalue weighted by Gasteiger charge is -2.20. The molecule has 0 saturated carbocycles. The second-order valence-corrected chi connectivity index (χ2v) is 4.07. The van der Waals surface area contributed by atoms with E-state index in [1.54, 1.807) is 0 Å². The molecule has 0 aliphatic carbocycles. The van der Waals surface area contributed by atoms with Crippen molar-refractivity contribution < 1.29 is 9.90 Å². The molecule has 0 bridgehead atoms. The Bertz CT molecular complexity index is 324. The number of carboxylic acid groups (broad SMARTS) is 1. The van der Waals surface area contributed by atoms with Gasteiger partial charge in [-0.1, -0.05) is 50.6 Å². The summed E-state index contributed by atoms with van der Waals surface area (Å²) >= 11 is 0. The second-order valence-electron chi connectivity index (χ2n) is 4.07. The quantitative estimate of drug-likeness (QED) is 0.774. The number of hydrogen-bond acceptors (Lipinski definition) is 2. The molecule has 0 saturated heterocycles. The van der Waals surface area contributed by atoms with E-state index in [1.807, 2.05) is 44.2 Å². The number of carbonyl (C=O) groups is 1. The molecule has 1 rings (SSSR count). The van der Waals surface area contributed by atoms with Gasteiger partial charge in [0.25, 0.3) is 0 Å². The number of carboxylic acids is 1. The summed E-state index contributed by atoms with van der Waals surface area (Å²) in [5.41, 5.74) is 1.11. The maximum absolute atomic E-state index is 11.1. The lowest BCUT2D eigenvalue weighted by molar-refractivity contribution is -0.140. The Morgan fingerprint density at radius 2 is 2.00 bits per heavy atom. The predicted molar refractivity (Wildman–Crippen MR) is 64.2 cm³/mol. The summed E-state index contributed by atoms with van der Waals surface area (Å²) in [5, 5.41) is 12.2. The smallest absolute Gasteiger partial charge is 0.320 e. The van der Waals surface area contributed by atoms with Crippen LogP contribution in [0.3, 0.4) is 0 Å². The third kappa shape index (κ3) is 3.66. The molecule has 1 aromatic carbocycles. The molecule has 0 aromatic heterocycles. The fraction of sp³-hybridized carbons (Fsp3) is 0.462. The molecule has 0 aliphatic heterocycles. The number of aliphatic carboxylic acids is 1. The Labute approximate surface area is 96.5 Å². The van der Waals surface area contributed by atoms with Crippen molar-refractivity contribution in [3.63, 3.8) is 0 Å². The topological polar surface area (TPSA) is 49.3 Å². The zero-order chi connectivity index (χ0) is 12.0. The molecule has 0 fully saturated rings. The van der Waals surface area contributed by atoms with E-state index in [2.05, 4.69) is 5.32 Å². The fourth-order valence-corrected chi connectivity index (χ4v) is 1.59. The van der Waals surface area contributed by atoms with E-state index < -0.39 is 12.0 Å². The summed E-state index contributed by atoms with van der Waals surface area (Å²) in [6, 6.07) is 9.37. The van der Waals surface area contributed by atoms with Crippen LogP contribution in [0.1, 0.15) is 25.8 Å². The van der Waals surface area contributed by atoms with E-state index in [9.17, 15) is 4.79 Å². The predicted octanol–water partition coefficient (Wildman–Crippen LogP) is 2.28. The molecule has 1 aromatic rings.